The van der Waals surface area contributed by atoms with Gasteiger partial charge in [0.05, 0.1) is 24.0 Å². The fourth-order valence-electron chi connectivity index (χ4n) is 2.50. The monoisotopic (exact) mass is 482 g/mol. The van der Waals surface area contributed by atoms with E-state index in [9.17, 15) is 21.6 Å². The number of thiazole rings is 1. The van der Waals surface area contributed by atoms with Gasteiger partial charge in [-0.1, -0.05) is 17.0 Å². The Morgan fingerprint density at radius 2 is 1.65 bits per heavy atom. The Balaban J connectivity index is 1.69. The molecule has 3 aromatic rings. The van der Waals surface area contributed by atoms with Crippen LogP contribution < -0.4 is 14.9 Å². The SMILES string of the molecule is CONS(=O)(=O)c1ccc(C(=O)Nc2nc(-c3ccc(NS(C)(=O)=O)cc3)cs2)cc1. The van der Waals surface area contributed by atoms with E-state index in [4.69, 9.17) is 0 Å². The molecule has 0 fully saturated rings. The Morgan fingerprint density at radius 1 is 1.00 bits per heavy atom. The summed E-state index contributed by atoms with van der Waals surface area (Å²) >= 11 is 1.22. The molecule has 0 spiro atoms. The van der Waals surface area contributed by atoms with Gasteiger partial charge in [-0.2, -0.15) is 0 Å². The number of nitrogens with one attached hydrogen (secondary N) is 3. The molecule has 0 aliphatic rings. The van der Waals surface area contributed by atoms with Crippen LogP contribution >= 0.6 is 11.3 Å². The molecular weight excluding hydrogens is 464 g/mol. The fraction of sp³-hybridized carbons (Fsp3) is 0.111. The fourth-order valence-corrected chi connectivity index (χ4v) is 4.59. The normalized spacial score (nSPS) is 11.8. The highest BCUT2D eigenvalue weighted by Gasteiger charge is 2.15. The van der Waals surface area contributed by atoms with Gasteiger partial charge in [0.15, 0.2) is 5.13 Å². The number of anilines is 2. The molecule has 0 unspecified atom stereocenters. The summed E-state index contributed by atoms with van der Waals surface area (Å²) in [5.74, 6) is -0.447. The van der Waals surface area contributed by atoms with Crippen molar-refractivity contribution in [3.05, 3.63) is 59.5 Å². The molecule has 0 saturated heterocycles. The maximum absolute atomic E-state index is 12.4. The smallest absolute Gasteiger partial charge is 0.262 e. The van der Waals surface area contributed by atoms with Gasteiger partial charge in [0, 0.05) is 22.2 Å². The first-order chi connectivity index (χ1) is 14.6. The van der Waals surface area contributed by atoms with Gasteiger partial charge in [0.2, 0.25) is 10.0 Å². The molecule has 1 amide bonds. The maximum atomic E-state index is 12.4. The number of nitrogens with zero attached hydrogens (tertiary/aromatic N) is 1. The number of amides is 1. The largest absolute Gasteiger partial charge is 0.298 e. The van der Waals surface area contributed by atoms with Crippen LogP contribution in [-0.2, 0) is 24.9 Å². The molecule has 13 heteroatoms. The van der Waals surface area contributed by atoms with Crippen LogP contribution in [0.4, 0.5) is 10.8 Å². The lowest BCUT2D eigenvalue weighted by molar-refractivity contribution is 0.102. The molecule has 3 N–H and O–H groups in total. The number of carbonyl (C=O) groups excluding carboxylic acids is 1. The van der Waals surface area contributed by atoms with Crippen molar-refractivity contribution in [2.75, 3.05) is 23.4 Å². The van der Waals surface area contributed by atoms with E-state index in [-0.39, 0.29) is 10.5 Å². The molecule has 0 radical (unpaired) electrons. The molecule has 31 heavy (non-hydrogen) atoms. The average Bonchev–Trinajstić information content (AvgIpc) is 3.16. The summed E-state index contributed by atoms with van der Waals surface area (Å²) in [5, 5.41) is 4.77. The highest BCUT2D eigenvalue weighted by Crippen LogP contribution is 2.26. The van der Waals surface area contributed by atoms with Crippen LogP contribution in [0.1, 0.15) is 10.4 Å². The first kappa shape index (κ1) is 22.8. The zero-order valence-electron chi connectivity index (χ0n) is 16.3. The van der Waals surface area contributed by atoms with Gasteiger partial charge in [-0.15, -0.1) is 11.3 Å². The van der Waals surface area contributed by atoms with Gasteiger partial charge >= 0.3 is 0 Å². The molecule has 10 nitrogen and oxygen atoms in total. The van der Waals surface area contributed by atoms with Gasteiger partial charge < -0.3 is 0 Å². The topological polar surface area (TPSA) is 144 Å². The minimum absolute atomic E-state index is 0.0451. The Morgan fingerprint density at radius 3 is 2.23 bits per heavy atom. The van der Waals surface area contributed by atoms with Gasteiger partial charge in [0.25, 0.3) is 15.9 Å². The second kappa shape index (κ2) is 9.11. The number of hydrogen-bond acceptors (Lipinski definition) is 8. The number of sulfonamides is 2. The van der Waals surface area contributed by atoms with Crippen molar-refractivity contribution in [2.45, 2.75) is 4.90 Å². The minimum Gasteiger partial charge on any atom is -0.298 e. The highest BCUT2D eigenvalue weighted by atomic mass is 32.2. The van der Waals surface area contributed by atoms with Gasteiger partial charge in [-0.3, -0.25) is 19.7 Å². The number of benzene rings is 2. The van der Waals surface area contributed by atoms with Crippen LogP contribution in [0.3, 0.4) is 0 Å². The lowest BCUT2D eigenvalue weighted by Crippen LogP contribution is -2.22. The summed E-state index contributed by atoms with van der Waals surface area (Å²) in [6, 6.07) is 12.0. The number of aromatic nitrogens is 1. The summed E-state index contributed by atoms with van der Waals surface area (Å²) in [5.41, 5.74) is 2.04. The molecule has 164 valence electrons. The summed E-state index contributed by atoms with van der Waals surface area (Å²) < 4.78 is 48.6. The summed E-state index contributed by atoms with van der Waals surface area (Å²) in [6.45, 7) is 0. The van der Waals surface area contributed by atoms with Crippen molar-refractivity contribution in [3.63, 3.8) is 0 Å². The number of carbonyl (C=O) groups is 1. The lowest BCUT2D eigenvalue weighted by Gasteiger charge is -2.06. The standard InChI is InChI=1S/C18H18N4O6S3/c1-28-22-31(26,27)15-9-5-13(6-10-15)17(23)20-18-19-16(11-29-18)12-3-7-14(8-4-12)21-30(2,24)25/h3-11,21-22H,1-2H3,(H,19,20,23). The van der Waals surface area contributed by atoms with Crippen LogP contribution in [0, 0.1) is 0 Å². The van der Waals surface area contributed by atoms with Gasteiger partial charge in [0.1, 0.15) is 0 Å². The Labute approximate surface area is 183 Å². The first-order valence-corrected chi connectivity index (χ1v) is 12.8. The molecule has 0 aliphatic heterocycles. The molecule has 1 aromatic heterocycles. The molecule has 0 saturated carbocycles. The first-order valence-electron chi connectivity index (χ1n) is 8.57. The van der Waals surface area contributed by atoms with E-state index < -0.39 is 26.0 Å². The van der Waals surface area contributed by atoms with E-state index in [2.05, 4.69) is 19.9 Å². The zero-order chi connectivity index (χ0) is 22.6. The van der Waals surface area contributed by atoms with Crippen molar-refractivity contribution in [1.82, 2.24) is 9.87 Å². The Hall–Kier alpha value is -2.84. The van der Waals surface area contributed by atoms with E-state index >= 15 is 0 Å². The predicted octanol–water partition coefficient (Wildman–Crippen LogP) is 2.27. The molecule has 1 heterocycles. The third kappa shape index (κ3) is 6.08. The Kier molecular flexibility index (Phi) is 6.71. The molecular formula is C18H18N4O6S3. The third-order valence-electron chi connectivity index (χ3n) is 3.83. The third-order valence-corrected chi connectivity index (χ3v) is 6.47. The van der Waals surface area contributed by atoms with Gasteiger partial charge in [-0.05, 0) is 36.4 Å². The maximum Gasteiger partial charge on any atom is 0.262 e. The van der Waals surface area contributed by atoms with Crippen LogP contribution in [0.2, 0.25) is 0 Å². The second-order valence-corrected chi connectivity index (χ2v) is 10.5. The molecule has 0 aliphatic carbocycles. The predicted molar refractivity (Wildman–Crippen MR) is 118 cm³/mol. The molecule has 0 atom stereocenters. The summed E-state index contributed by atoms with van der Waals surface area (Å²) in [6.07, 6.45) is 1.07. The average molecular weight is 483 g/mol. The van der Waals surface area contributed by atoms with Crippen molar-refractivity contribution >= 4 is 48.1 Å². The quantitative estimate of drug-likeness (QED) is 0.418. The van der Waals surface area contributed by atoms with Crippen LogP contribution in [0.25, 0.3) is 11.3 Å². The van der Waals surface area contributed by atoms with E-state index in [1.807, 2.05) is 4.89 Å². The zero-order valence-corrected chi connectivity index (χ0v) is 18.8. The van der Waals surface area contributed by atoms with Crippen molar-refractivity contribution in [2.24, 2.45) is 0 Å². The van der Waals surface area contributed by atoms with Crippen molar-refractivity contribution in [1.29, 1.82) is 0 Å². The molecule has 0 bridgehead atoms. The van der Waals surface area contributed by atoms with E-state index in [0.717, 1.165) is 11.8 Å². The van der Waals surface area contributed by atoms with Crippen LogP contribution in [0.5, 0.6) is 0 Å². The minimum atomic E-state index is -3.80. The van der Waals surface area contributed by atoms with Gasteiger partial charge in [-0.25, -0.2) is 21.8 Å². The van der Waals surface area contributed by atoms with Crippen molar-refractivity contribution in [3.8, 4) is 11.3 Å². The Bertz CT molecular complexity index is 1280. The van der Waals surface area contributed by atoms with E-state index in [1.165, 1.54) is 42.7 Å². The highest BCUT2D eigenvalue weighted by molar-refractivity contribution is 7.92. The summed E-state index contributed by atoms with van der Waals surface area (Å²) in [4.78, 5) is 23.1. The van der Waals surface area contributed by atoms with Crippen molar-refractivity contribution < 1.29 is 26.5 Å². The summed E-state index contributed by atoms with van der Waals surface area (Å²) in [7, 11) is -5.98. The second-order valence-electron chi connectivity index (χ2n) is 6.26. The number of rotatable bonds is 8. The lowest BCUT2D eigenvalue weighted by atomic mass is 10.1. The van der Waals surface area contributed by atoms with E-state index in [0.29, 0.717) is 16.5 Å². The van der Waals surface area contributed by atoms with Crippen LogP contribution in [-0.4, -0.2) is 41.1 Å². The van der Waals surface area contributed by atoms with Crippen LogP contribution in [0.15, 0.2) is 58.8 Å². The van der Waals surface area contributed by atoms with E-state index in [1.54, 1.807) is 29.6 Å². The number of hydrogen-bond donors (Lipinski definition) is 3. The molecule has 3 rings (SSSR count). The molecule has 2 aromatic carbocycles.